The number of aromatic nitrogens is 3. The van der Waals surface area contributed by atoms with Crippen LogP contribution in [0.4, 0.5) is 0 Å². The van der Waals surface area contributed by atoms with E-state index in [0.717, 1.165) is 21.7 Å². The first-order valence-corrected chi connectivity index (χ1v) is 14.0. The first kappa shape index (κ1) is 19.5. The normalized spacial score (nSPS) is 15.8. The molecule has 4 heterocycles. The molecule has 0 aliphatic heterocycles. The molecule has 8 aromatic rings. The summed E-state index contributed by atoms with van der Waals surface area (Å²) >= 11 is 0. The maximum atomic E-state index is 8.13. The molecule has 0 bridgehead atoms. The predicted molar refractivity (Wildman–Crippen MR) is 184 cm³/mol. The molecule has 0 aliphatic carbocycles. The van der Waals surface area contributed by atoms with Crippen molar-refractivity contribution in [3.63, 3.8) is 0 Å². The Labute approximate surface area is 299 Å². The summed E-state index contributed by atoms with van der Waals surface area (Å²) in [6.45, 7) is -9.07. The van der Waals surface area contributed by atoms with E-state index in [1.165, 1.54) is 36.7 Å². The largest absolute Gasteiger partial charge is 0.486 e. The van der Waals surface area contributed by atoms with Crippen LogP contribution in [0.5, 0.6) is 0 Å². The Bertz CT molecular complexity index is 2680. The first-order valence-electron chi connectivity index (χ1n) is 20.0. The van der Waals surface area contributed by atoms with E-state index in [4.69, 9.17) is 20.9 Å². The molecular weight excluding hydrogens is 743 g/mol. The number of hydrogen-bond acceptors (Lipinski definition) is 4. The second-order valence-corrected chi connectivity index (χ2v) is 10.3. The smallest absolute Gasteiger partial charge is 0.216 e. The Morgan fingerprint density at radius 1 is 0.674 bits per heavy atom. The van der Waals surface area contributed by atoms with Gasteiger partial charge in [-0.25, -0.2) is 4.98 Å². The zero-order chi connectivity index (χ0) is 40.9. The molecule has 1 radical (unpaired) electrons. The van der Waals surface area contributed by atoms with Gasteiger partial charge >= 0.3 is 0 Å². The second-order valence-electron chi connectivity index (χ2n) is 10.3. The van der Waals surface area contributed by atoms with Gasteiger partial charge in [0.15, 0.2) is 0 Å². The van der Waals surface area contributed by atoms with Gasteiger partial charge in [-0.05, 0) is 77.1 Å². The Morgan fingerprint density at radius 3 is 2.35 bits per heavy atom. The average molecular weight is 786 g/mol. The SMILES string of the molecule is [2H]C([2H])([2H])c1c[c-]c(-c2ccc(C([2H])([2H])[2H])cn2)cc1.[2H]C([2H])([2H])c1ccc2c(n1)oc1c(-c3cc(-c4cccc5ccccc45)c(C([2H])([2H])[2H])cn3)[c-]ccc12.[Ir]. The second kappa shape index (κ2) is 13.2. The minimum atomic E-state index is -2.37. The first-order chi connectivity index (χ1) is 26.8. The van der Waals surface area contributed by atoms with Crippen molar-refractivity contribution in [1.29, 1.82) is 0 Å². The van der Waals surface area contributed by atoms with Crippen LogP contribution in [0.15, 0.2) is 120 Å². The van der Waals surface area contributed by atoms with Crippen molar-refractivity contribution in [1.82, 2.24) is 15.0 Å². The van der Waals surface area contributed by atoms with Crippen molar-refractivity contribution < 1.29 is 41.0 Å². The molecule has 0 aliphatic rings. The van der Waals surface area contributed by atoms with Gasteiger partial charge in [-0.3, -0.25) is 0 Å². The molecule has 46 heavy (non-hydrogen) atoms. The van der Waals surface area contributed by atoms with Gasteiger partial charge in [0.1, 0.15) is 0 Å². The number of pyridine rings is 3. The topological polar surface area (TPSA) is 51.8 Å². The third kappa shape index (κ3) is 6.12. The number of furan rings is 1. The Hall–Kier alpha value is -4.96. The molecule has 0 saturated heterocycles. The molecule has 0 spiro atoms. The van der Waals surface area contributed by atoms with Crippen LogP contribution in [0, 0.1) is 39.5 Å². The van der Waals surface area contributed by atoms with Crippen molar-refractivity contribution in [3.8, 4) is 33.6 Å². The van der Waals surface area contributed by atoms with Crippen LogP contribution in [0.25, 0.3) is 66.5 Å². The summed E-state index contributed by atoms with van der Waals surface area (Å²) in [5.74, 6) is 0. The van der Waals surface area contributed by atoms with Gasteiger partial charge in [0.05, 0.1) is 5.58 Å². The number of hydrogen-bond donors (Lipinski definition) is 0. The van der Waals surface area contributed by atoms with Crippen molar-refractivity contribution in [2.45, 2.75) is 27.4 Å². The number of aryl methyl sites for hydroxylation is 4. The average Bonchev–Trinajstić information content (AvgIpc) is 3.55. The molecule has 227 valence electrons. The third-order valence-corrected chi connectivity index (χ3v) is 7.39. The summed E-state index contributed by atoms with van der Waals surface area (Å²) in [6.07, 6.45) is 2.69. The van der Waals surface area contributed by atoms with Crippen LogP contribution < -0.4 is 0 Å². The molecule has 4 aromatic carbocycles. The van der Waals surface area contributed by atoms with Gasteiger partial charge in [-0.2, -0.15) is 0 Å². The van der Waals surface area contributed by atoms with Crippen LogP contribution >= 0.6 is 0 Å². The van der Waals surface area contributed by atoms with Crippen molar-refractivity contribution in [2.24, 2.45) is 0 Å². The molecule has 0 amide bonds. The summed E-state index contributed by atoms with van der Waals surface area (Å²) in [4.78, 5) is 12.8. The van der Waals surface area contributed by atoms with Gasteiger partial charge in [0, 0.05) is 60.0 Å². The standard InChI is InChI=1S/C28H19N2O.C13H12N.Ir/c1-17-16-29-26(15-25(17)21-10-5-8-19-7-3-4-9-20(19)21)24-12-6-11-22-23-14-13-18(2)30-28(23)31-27(22)24;1-10-3-6-12(7-4-10)13-8-5-11(2)9-14-13;/h3-11,13-16H,1-2H3;3-6,8-9H,1-2H3;/q2*-1;/i2*1D3,2D3;. The van der Waals surface area contributed by atoms with E-state index in [1.807, 2.05) is 48.5 Å². The molecule has 4 aromatic heterocycles. The van der Waals surface area contributed by atoms with E-state index in [1.54, 1.807) is 30.3 Å². The summed E-state index contributed by atoms with van der Waals surface area (Å²) in [5.41, 5.74) is 4.65. The molecule has 8 rings (SSSR count). The van der Waals surface area contributed by atoms with E-state index >= 15 is 0 Å². The van der Waals surface area contributed by atoms with E-state index < -0.39 is 27.4 Å². The molecule has 0 atom stereocenters. The quantitative estimate of drug-likeness (QED) is 0.167. The third-order valence-electron chi connectivity index (χ3n) is 7.39. The van der Waals surface area contributed by atoms with Crippen LogP contribution in [0.2, 0.25) is 0 Å². The number of fused-ring (bicyclic) bond motifs is 4. The Balaban J connectivity index is 0.000000230. The Morgan fingerprint density at radius 2 is 1.54 bits per heavy atom. The van der Waals surface area contributed by atoms with Crippen molar-refractivity contribution >= 4 is 32.8 Å². The molecule has 0 fully saturated rings. The van der Waals surface area contributed by atoms with E-state index in [0.29, 0.717) is 39.0 Å². The van der Waals surface area contributed by atoms with Crippen LogP contribution in [-0.2, 0) is 20.1 Å². The summed E-state index contributed by atoms with van der Waals surface area (Å²) in [7, 11) is 0. The maximum absolute atomic E-state index is 8.13. The summed E-state index contributed by atoms with van der Waals surface area (Å²) in [5, 5.41) is 3.34. The molecule has 5 heteroatoms. The van der Waals surface area contributed by atoms with Crippen LogP contribution in [0.3, 0.4) is 0 Å². The minimum Gasteiger partial charge on any atom is -0.486 e. The number of nitrogens with zero attached hydrogens (tertiary/aromatic N) is 3. The van der Waals surface area contributed by atoms with Crippen LogP contribution in [0.1, 0.15) is 38.8 Å². The van der Waals surface area contributed by atoms with E-state index in [2.05, 4.69) is 27.1 Å². The Kier molecular flexibility index (Phi) is 5.60. The van der Waals surface area contributed by atoms with E-state index in [9.17, 15) is 0 Å². The zero-order valence-electron chi connectivity index (χ0n) is 36.1. The van der Waals surface area contributed by atoms with E-state index in [-0.39, 0.29) is 48.2 Å². The number of benzene rings is 4. The number of rotatable bonds is 3. The predicted octanol–water partition coefficient (Wildman–Crippen LogP) is 10.4. The van der Waals surface area contributed by atoms with Gasteiger partial charge in [0.2, 0.25) is 5.71 Å². The summed E-state index contributed by atoms with van der Waals surface area (Å²) in [6, 6.07) is 35.7. The zero-order valence-corrected chi connectivity index (χ0v) is 26.4. The van der Waals surface area contributed by atoms with Crippen LogP contribution in [-0.4, -0.2) is 15.0 Å². The fourth-order valence-electron chi connectivity index (χ4n) is 5.23. The van der Waals surface area contributed by atoms with Gasteiger partial charge < -0.3 is 14.4 Å². The molecule has 0 N–H and O–H groups in total. The molecule has 4 nitrogen and oxygen atoms in total. The maximum Gasteiger partial charge on any atom is 0.216 e. The van der Waals surface area contributed by atoms with Crippen molar-refractivity contribution in [2.75, 3.05) is 0 Å². The fraction of sp³-hybridized carbons (Fsp3) is 0.0976. The van der Waals surface area contributed by atoms with Gasteiger partial charge in [-0.1, -0.05) is 78.5 Å². The molecule has 0 saturated carbocycles. The fourth-order valence-corrected chi connectivity index (χ4v) is 5.23. The minimum absolute atomic E-state index is 0. The molecule has 0 unspecified atom stereocenters. The monoisotopic (exact) mass is 786 g/mol. The summed E-state index contributed by atoms with van der Waals surface area (Å²) < 4.78 is 97.1. The van der Waals surface area contributed by atoms with Crippen molar-refractivity contribution in [3.05, 3.63) is 150 Å². The van der Waals surface area contributed by atoms with Gasteiger partial charge in [0.25, 0.3) is 0 Å². The van der Waals surface area contributed by atoms with Gasteiger partial charge in [-0.15, -0.1) is 53.6 Å². The molecular formula is C41H31IrN3O-2.